The molecule has 1 aromatic carbocycles. The Balaban J connectivity index is 2.33. The van der Waals surface area contributed by atoms with E-state index in [0.29, 0.717) is 22.3 Å². The number of benzene rings is 1. The van der Waals surface area contributed by atoms with E-state index in [1.54, 1.807) is 13.0 Å². The van der Waals surface area contributed by atoms with Crippen LogP contribution in [0.3, 0.4) is 0 Å². The number of aryl methyl sites for hydroxylation is 1. The van der Waals surface area contributed by atoms with Gasteiger partial charge in [-0.1, -0.05) is 39.8 Å². The summed E-state index contributed by atoms with van der Waals surface area (Å²) in [5.74, 6) is 0.432. The average Bonchev–Trinajstić information content (AvgIpc) is 2.67. The molecule has 0 aliphatic heterocycles. The molecule has 1 N–H and O–H groups in total. The molecule has 1 aliphatic rings. The van der Waals surface area contributed by atoms with Crippen molar-refractivity contribution in [2.75, 3.05) is 7.05 Å². The highest BCUT2D eigenvalue weighted by Gasteiger charge is 2.67. The minimum atomic E-state index is -0.107. The second-order valence-electron chi connectivity index (χ2n) is 6.70. The van der Waals surface area contributed by atoms with Gasteiger partial charge in [-0.15, -0.1) is 0 Å². The average molecular weight is 249 g/mol. The third-order valence-electron chi connectivity index (χ3n) is 5.33. The van der Waals surface area contributed by atoms with E-state index in [0.717, 1.165) is 5.56 Å². The van der Waals surface area contributed by atoms with Gasteiger partial charge in [0.1, 0.15) is 5.82 Å². The molecule has 1 atom stereocenters. The van der Waals surface area contributed by atoms with E-state index in [2.05, 4.69) is 33.0 Å². The molecule has 1 nitrogen and oxygen atoms in total. The Hall–Kier alpha value is -0.890. The minimum absolute atomic E-state index is 0.107. The van der Waals surface area contributed by atoms with Crippen molar-refractivity contribution >= 4 is 0 Å². The van der Waals surface area contributed by atoms with Crippen LogP contribution in [0, 0.1) is 29.5 Å². The van der Waals surface area contributed by atoms with Crippen molar-refractivity contribution in [3.63, 3.8) is 0 Å². The molecule has 18 heavy (non-hydrogen) atoms. The zero-order valence-corrected chi connectivity index (χ0v) is 12.3. The maximum atomic E-state index is 13.7. The lowest BCUT2D eigenvalue weighted by molar-refractivity contribution is 0.435. The number of rotatable bonds is 3. The van der Waals surface area contributed by atoms with Gasteiger partial charge in [0.15, 0.2) is 0 Å². The largest absolute Gasteiger partial charge is 0.313 e. The monoisotopic (exact) mass is 249 g/mol. The smallest absolute Gasteiger partial charge is 0.126 e. The fourth-order valence-corrected chi connectivity index (χ4v) is 3.41. The third kappa shape index (κ3) is 1.78. The first-order valence-corrected chi connectivity index (χ1v) is 6.67. The van der Waals surface area contributed by atoms with Crippen LogP contribution in [-0.4, -0.2) is 7.05 Å². The van der Waals surface area contributed by atoms with Gasteiger partial charge in [-0.2, -0.15) is 0 Å². The summed E-state index contributed by atoms with van der Waals surface area (Å²) in [6.07, 6.45) is 0. The molecule has 2 rings (SSSR count). The molecule has 0 saturated heterocycles. The van der Waals surface area contributed by atoms with Crippen LogP contribution in [0.15, 0.2) is 18.2 Å². The van der Waals surface area contributed by atoms with Crippen molar-refractivity contribution in [1.29, 1.82) is 0 Å². The zero-order valence-electron chi connectivity index (χ0n) is 12.3. The fraction of sp³-hybridized carbons (Fsp3) is 0.625. The molecule has 100 valence electrons. The van der Waals surface area contributed by atoms with Gasteiger partial charge in [0, 0.05) is 6.04 Å². The molecule has 1 aliphatic carbocycles. The highest BCUT2D eigenvalue weighted by molar-refractivity contribution is 5.30. The SMILES string of the molecule is CNC(c1ccc(C)c(F)c1)C1C(C)(C)C1(C)C. The van der Waals surface area contributed by atoms with Crippen LogP contribution in [0.2, 0.25) is 0 Å². The van der Waals surface area contributed by atoms with Gasteiger partial charge >= 0.3 is 0 Å². The maximum Gasteiger partial charge on any atom is 0.126 e. The lowest BCUT2D eigenvalue weighted by Gasteiger charge is -2.19. The normalized spacial score (nSPS) is 22.8. The molecular weight excluding hydrogens is 225 g/mol. The summed E-state index contributed by atoms with van der Waals surface area (Å²) in [6, 6.07) is 5.83. The minimum Gasteiger partial charge on any atom is -0.313 e. The summed E-state index contributed by atoms with van der Waals surface area (Å²) in [6.45, 7) is 11.0. The van der Waals surface area contributed by atoms with E-state index in [9.17, 15) is 4.39 Å². The Kier molecular flexibility index (Phi) is 3.05. The van der Waals surface area contributed by atoms with E-state index >= 15 is 0 Å². The summed E-state index contributed by atoms with van der Waals surface area (Å²) in [7, 11) is 1.97. The van der Waals surface area contributed by atoms with Gasteiger partial charge in [0.05, 0.1) is 0 Å². The standard InChI is InChI=1S/C16H24FN/c1-10-7-8-11(9-12(10)17)13(18-6)14-15(2,3)16(14,4)5/h7-9,13-14,18H,1-6H3. The van der Waals surface area contributed by atoms with Crippen molar-refractivity contribution in [1.82, 2.24) is 5.32 Å². The predicted molar refractivity (Wildman–Crippen MR) is 74.0 cm³/mol. The highest BCUT2D eigenvalue weighted by atomic mass is 19.1. The molecule has 0 amide bonds. The second kappa shape index (κ2) is 4.06. The van der Waals surface area contributed by atoms with Gasteiger partial charge in [0.25, 0.3) is 0 Å². The Bertz CT molecular complexity index is 448. The van der Waals surface area contributed by atoms with Crippen LogP contribution < -0.4 is 5.32 Å². The summed E-state index contributed by atoms with van der Waals surface area (Å²) in [5.41, 5.74) is 2.36. The van der Waals surface area contributed by atoms with E-state index in [1.165, 1.54) is 0 Å². The van der Waals surface area contributed by atoms with Gasteiger partial charge in [-0.05, 0) is 47.9 Å². The number of nitrogens with one attached hydrogen (secondary N) is 1. The Labute approximate surface area is 110 Å². The second-order valence-corrected chi connectivity index (χ2v) is 6.70. The first kappa shape index (κ1) is 13.5. The van der Waals surface area contributed by atoms with Crippen LogP contribution in [-0.2, 0) is 0 Å². The summed E-state index contributed by atoms with van der Waals surface area (Å²) in [5, 5.41) is 3.37. The molecule has 1 fully saturated rings. The van der Waals surface area contributed by atoms with Crippen molar-refractivity contribution in [2.45, 2.75) is 40.7 Å². The van der Waals surface area contributed by atoms with E-state index < -0.39 is 0 Å². The Morgan fingerprint density at radius 3 is 2.11 bits per heavy atom. The van der Waals surface area contributed by atoms with E-state index in [4.69, 9.17) is 0 Å². The molecule has 1 unspecified atom stereocenters. The molecule has 0 heterocycles. The molecule has 0 spiro atoms. The molecular formula is C16H24FN. The molecule has 1 aromatic rings. The van der Waals surface area contributed by atoms with Crippen LogP contribution >= 0.6 is 0 Å². The summed E-state index contributed by atoms with van der Waals surface area (Å²) >= 11 is 0. The molecule has 1 saturated carbocycles. The van der Waals surface area contributed by atoms with Crippen LogP contribution in [0.4, 0.5) is 4.39 Å². The first-order chi connectivity index (χ1) is 8.23. The number of hydrogen-bond donors (Lipinski definition) is 1. The van der Waals surface area contributed by atoms with Gasteiger partial charge in [0.2, 0.25) is 0 Å². The van der Waals surface area contributed by atoms with Crippen molar-refractivity contribution in [2.24, 2.45) is 16.7 Å². The summed E-state index contributed by atoms with van der Waals surface area (Å²) < 4.78 is 13.7. The van der Waals surface area contributed by atoms with Crippen LogP contribution in [0.1, 0.15) is 44.9 Å². The van der Waals surface area contributed by atoms with E-state index in [-0.39, 0.29) is 11.9 Å². The van der Waals surface area contributed by atoms with Gasteiger partial charge in [-0.3, -0.25) is 0 Å². The zero-order chi connectivity index (χ0) is 13.7. The molecule has 0 bridgehead atoms. The number of hydrogen-bond acceptors (Lipinski definition) is 1. The quantitative estimate of drug-likeness (QED) is 0.851. The lowest BCUT2D eigenvalue weighted by Crippen LogP contribution is -2.21. The number of halogens is 1. The Morgan fingerprint density at radius 1 is 1.17 bits per heavy atom. The molecule has 2 heteroatoms. The highest BCUT2D eigenvalue weighted by Crippen LogP contribution is 2.72. The van der Waals surface area contributed by atoms with Crippen molar-refractivity contribution < 1.29 is 4.39 Å². The molecule has 0 radical (unpaired) electrons. The molecule has 0 aromatic heterocycles. The van der Waals surface area contributed by atoms with Gasteiger partial charge in [-0.25, -0.2) is 4.39 Å². The van der Waals surface area contributed by atoms with Crippen molar-refractivity contribution in [3.05, 3.63) is 35.1 Å². The summed E-state index contributed by atoms with van der Waals surface area (Å²) in [4.78, 5) is 0. The van der Waals surface area contributed by atoms with Crippen LogP contribution in [0.25, 0.3) is 0 Å². The first-order valence-electron chi connectivity index (χ1n) is 6.67. The maximum absolute atomic E-state index is 13.7. The fourth-order valence-electron chi connectivity index (χ4n) is 3.41. The topological polar surface area (TPSA) is 12.0 Å². The lowest BCUT2D eigenvalue weighted by atomic mass is 9.96. The van der Waals surface area contributed by atoms with Gasteiger partial charge < -0.3 is 5.32 Å². The Morgan fingerprint density at radius 2 is 1.72 bits per heavy atom. The predicted octanol–water partition coefficient (Wildman–Crippen LogP) is 4.08. The van der Waals surface area contributed by atoms with Crippen molar-refractivity contribution in [3.8, 4) is 0 Å². The third-order valence-corrected chi connectivity index (χ3v) is 5.33. The van der Waals surface area contributed by atoms with Crippen LogP contribution in [0.5, 0.6) is 0 Å². The van der Waals surface area contributed by atoms with E-state index in [1.807, 2.05) is 19.2 Å².